The van der Waals surface area contributed by atoms with E-state index >= 15 is 0 Å². The Morgan fingerprint density at radius 3 is 2.63 bits per heavy atom. The fraction of sp³-hybridized carbons (Fsp3) is 0.565. The zero-order valence-electron chi connectivity index (χ0n) is 20.5. The molecule has 0 aromatic carbocycles. The molecule has 13 nitrogen and oxygen atoms in total. The molecular weight excluding hydrogens is 536 g/mol. The summed E-state index contributed by atoms with van der Waals surface area (Å²) in [6.45, 7) is 2.46. The maximum Gasteiger partial charge on any atom is 0.352 e. The predicted octanol–water partition coefficient (Wildman–Crippen LogP) is 0.432. The molecule has 15 heteroatoms. The highest BCUT2D eigenvalue weighted by Crippen LogP contribution is 2.43. The molecule has 0 spiro atoms. The van der Waals surface area contributed by atoms with Crippen molar-refractivity contribution in [2.45, 2.75) is 49.6 Å². The number of carboxylic acid groups (broad SMARTS) is 2. The van der Waals surface area contributed by atoms with Gasteiger partial charge in [0.15, 0.2) is 10.8 Å². The lowest BCUT2D eigenvalue weighted by molar-refractivity contribution is -0.922. The molecule has 0 radical (unpaired) electrons. The standard InChI is InChI=1S/C23H28N6O7S2/c24-23-25-14(11-38-23)16(27-36-8-5-15(30)31)19(32)26-17-20(33)28-18(22(34)35)12(10-37-21(17)28)9-29-6-1-3-13(29)4-2-7-29/h11,13,17,21H,1-10H2,(H4-,24,25,26,30,31,32,34,35)/p+1/b27-16-/t13?,17-,21-,29?/m1/s1. The number of anilines is 1. The van der Waals surface area contributed by atoms with E-state index in [4.69, 9.17) is 15.7 Å². The van der Waals surface area contributed by atoms with Crippen LogP contribution in [0.3, 0.4) is 0 Å². The number of aliphatic carboxylic acids is 2. The maximum atomic E-state index is 13.2. The highest BCUT2D eigenvalue weighted by atomic mass is 32.2. The zero-order valence-corrected chi connectivity index (χ0v) is 22.1. The molecule has 38 heavy (non-hydrogen) atoms. The van der Waals surface area contributed by atoms with Crippen LogP contribution < -0.4 is 11.1 Å². The van der Waals surface area contributed by atoms with Gasteiger partial charge >= 0.3 is 11.9 Å². The van der Waals surface area contributed by atoms with Gasteiger partial charge in [-0.3, -0.25) is 19.3 Å². The van der Waals surface area contributed by atoms with E-state index in [2.05, 4.69) is 15.5 Å². The smallest absolute Gasteiger partial charge is 0.352 e. The van der Waals surface area contributed by atoms with Gasteiger partial charge in [0.1, 0.15) is 36.0 Å². The second kappa shape index (κ2) is 10.5. The van der Waals surface area contributed by atoms with Crippen molar-refractivity contribution in [2.75, 3.05) is 37.7 Å². The number of fused-ring (bicyclic) bond motifs is 2. The largest absolute Gasteiger partial charge is 0.481 e. The number of rotatable bonds is 10. The average Bonchev–Trinajstić information content (AvgIpc) is 3.57. The molecule has 0 aliphatic carbocycles. The summed E-state index contributed by atoms with van der Waals surface area (Å²) in [6.07, 6.45) is 4.29. The van der Waals surface area contributed by atoms with Crippen molar-refractivity contribution in [2.24, 2.45) is 5.16 Å². The number of carbonyl (C=O) groups excluding carboxylic acids is 2. The summed E-state index contributed by atoms with van der Waals surface area (Å²) in [5.74, 6) is -3.02. The van der Waals surface area contributed by atoms with Crippen molar-refractivity contribution in [3.63, 3.8) is 0 Å². The lowest BCUT2D eigenvalue weighted by Gasteiger charge is -2.50. The van der Waals surface area contributed by atoms with Crippen molar-refractivity contribution in [3.05, 3.63) is 22.3 Å². The summed E-state index contributed by atoms with van der Waals surface area (Å²) in [5, 5.41) is 26.4. The molecule has 4 aliphatic rings. The summed E-state index contributed by atoms with van der Waals surface area (Å²) >= 11 is 2.51. The molecule has 0 unspecified atom stereocenters. The van der Waals surface area contributed by atoms with Crippen molar-refractivity contribution in [3.8, 4) is 0 Å². The summed E-state index contributed by atoms with van der Waals surface area (Å²) in [4.78, 5) is 59.7. The maximum absolute atomic E-state index is 13.2. The summed E-state index contributed by atoms with van der Waals surface area (Å²) in [7, 11) is 0. The molecular formula is C23H29N6O7S2+. The second-order valence-corrected chi connectivity index (χ2v) is 11.9. The summed E-state index contributed by atoms with van der Waals surface area (Å²) in [5.41, 5.74) is 6.36. The van der Waals surface area contributed by atoms with Crippen LogP contribution in [0.15, 0.2) is 21.8 Å². The monoisotopic (exact) mass is 565 g/mol. The van der Waals surface area contributed by atoms with Gasteiger partial charge in [0.05, 0.1) is 25.6 Å². The Labute approximate surface area is 226 Å². The highest BCUT2D eigenvalue weighted by Gasteiger charge is 2.56. The third-order valence-electron chi connectivity index (χ3n) is 7.64. The van der Waals surface area contributed by atoms with Crippen LogP contribution in [-0.2, 0) is 24.0 Å². The van der Waals surface area contributed by atoms with Crippen LogP contribution in [0.2, 0.25) is 0 Å². The number of oxime groups is 1. The van der Waals surface area contributed by atoms with Gasteiger partial charge in [-0.05, 0) is 0 Å². The Hall–Kier alpha value is -3.17. The van der Waals surface area contributed by atoms with Crippen LogP contribution in [0.5, 0.6) is 0 Å². The number of hydrogen-bond donors (Lipinski definition) is 4. The Balaban J connectivity index is 1.32. The van der Waals surface area contributed by atoms with E-state index in [9.17, 15) is 24.3 Å². The van der Waals surface area contributed by atoms with Gasteiger partial charge in [-0.25, -0.2) is 9.78 Å². The molecule has 3 fully saturated rings. The molecule has 204 valence electrons. The fourth-order valence-electron chi connectivity index (χ4n) is 5.98. The van der Waals surface area contributed by atoms with Gasteiger partial charge in [-0.2, -0.15) is 0 Å². The minimum absolute atomic E-state index is 0.0347. The zero-order chi connectivity index (χ0) is 27.0. The number of nitrogen functional groups attached to an aromatic ring is 1. The number of nitrogens with two attached hydrogens (primary N) is 1. The molecule has 1 aromatic rings. The van der Waals surface area contributed by atoms with E-state index < -0.39 is 35.2 Å². The van der Waals surface area contributed by atoms with Gasteiger partial charge in [0.25, 0.3) is 11.8 Å². The number of carbonyl (C=O) groups is 4. The Bertz CT molecular complexity index is 1220. The minimum Gasteiger partial charge on any atom is -0.481 e. The van der Waals surface area contributed by atoms with Gasteiger partial charge in [-0.1, -0.05) is 5.16 Å². The van der Waals surface area contributed by atoms with Crippen LogP contribution in [0.1, 0.15) is 37.8 Å². The van der Waals surface area contributed by atoms with Crippen LogP contribution in [0.4, 0.5) is 5.13 Å². The molecule has 3 saturated heterocycles. The SMILES string of the molecule is Nc1nc(/C(=N/OCCC(=O)O)C(=O)N[C@@H]2C(=O)N3C(C(=O)O)=C(C[N+]45CCCC4CCC5)CS[C@H]23)cs1. The molecule has 2 amide bonds. The van der Waals surface area contributed by atoms with Crippen LogP contribution in [0.25, 0.3) is 0 Å². The Morgan fingerprint density at radius 1 is 1.26 bits per heavy atom. The van der Waals surface area contributed by atoms with Crippen LogP contribution >= 0.6 is 23.1 Å². The number of thiazole rings is 1. The fourth-order valence-corrected chi connectivity index (χ4v) is 7.86. The molecule has 0 bridgehead atoms. The first-order valence-electron chi connectivity index (χ1n) is 12.4. The number of aromatic nitrogens is 1. The third kappa shape index (κ3) is 4.85. The number of amides is 2. The number of nitrogens with one attached hydrogen (secondary N) is 1. The van der Waals surface area contributed by atoms with Crippen molar-refractivity contribution in [1.82, 2.24) is 15.2 Å². The normalized spacial score (nSPS) is 28.5. The first-order chi connectivity index (χ1) is 18.2. The highest BCUT2D eigenvalue weighted by molar-refractivity contribution is 8.00. The Kier molecular flexibility index (Phi) is 7.33. The molecule has 5 heterocycles. The number of nitrogens with zero attached hydrogens (tertiary/aromatic N) is 4. The van der Waals surface area contributed by atoms with E-state index in [1.54, 1.807) is 0 Å². The van der Waals surface area contributed by atoms with E-state index in [0.717, 1.165) is 60.2 Å². The topological polar surface area (TPSA) is 185 Å². The van der Waals surface area contributed by atoms with Crippen molar-refractivity contribution >= 4 is 57.7 Å². The van der Waals surface area contributed by atoms with Crippen LogP contribution in [-0.4, -0.2) is 103 Å². The van der Waals surface area contributed by atoms with Gasteiger partial charge in [-0.15, -0.1) is 23.1 Å². The molecule has 2 atom stereocenters. The van der Waals surface area contributed by atoms with Gasteiger partial charge < -0.3 is 30.6 Å². The number of carboxylic acids is 2. The number of quaternary nitrogens is 1. The average molecular weight is 566 g/mol. The first kappa shape index (κ1) is 26.4. The van der Waals surface area contributed by atoms with Crippen LogP contribution in [0, 0.1) is 0 Å². The summed E-state index contributed by atoms with van der Waals surface area (Å²) in [6, 6.07) is -0.392. The molecule has 0 saturated carbocycles. The van der Waals surface area contributed by atoms with Crippen molar-refractivity contribution < 1.29 is 38.7 Å². The van der Waals surface area contributed by atoms with E-state index in [-0.39, 0.29) is 35.3 Å². The van der Waals surface area contributed by atoms with Crippen molar-refractivity contribution in [1.29, 1.82) is 0 Å². The van der Waals surface area contributed by atoms with E-state index in [0.29, 0.717) is 18.3 Å². The molecule has 4 aliphatic heterocycles. The number of β-lactam (4-membered cyclic amide) rings is 1. The second-order valence-electron chi connectivity index (χ2n) is 9.87. The van der Waals surface area contributed by atoms with Gasteiger partial charge in [0, 0.05) is 42.4 Å². The first-order valence-corrected chi connectivity index (χ1v) is 14.3. The third-order valence-corrected chi connectivity index (χ3v) is 9.65. The predicted molar refractivity (Wildman–Crippen MR) is 138 cm³/mol. The Morgan fingerprint density at radius 2 is 2.00 bits per heavy atom. The number of hydrogen-bond acceptors (Lipinski definition) is 10. The quantitative estimate of drug-likeness (QED) is 0.102. The lowest BCUT2D eigenvalue weighted by Crippen LogP contribution is -2.71. The number of thioether (sulfide) groups is 1. The lowest BCUT2D eigenvalue weighted by atomic mass is 10.0. The van der Waals surface area contributed by atoms with E-state index in [1.807, 2.05) is 0 Å². The minimum atomic E-state index is -1.14. The molecule has 5 N–H and O–H groups in total. The molecule has 5 rings (SSSR count). The summed E-state index contributed by atoms with van der Waals surface area (Å²) < 4.78 is 0.915. The van der Waals surface area contributed by atoms with E-state index in [1.165, 1.54) is 22.0 Å². The van der Waals surface area contributed by atoms with Gasteiger partial charge in [0.2, 0.25) is 0 Å². The molecule has 1 aromatic heterocycles.